The zero-order valence-corrected chi connectivity index (χ0v) is 14.6. The molecule has 2 aromatic carbocycles. The number of hydrogen-bond acceptors (Lipinski definition) is 3. The van der Waals surface area contributed by atoms with Gasteiger partial charge < -0.3 is 10.2 Å². The average Bonchev–Trinajstić information content (AvgIpc) is 2.55. The molecular formula is C18H21FN4S. The Morgan fingerprint density at radius 2 is 2.00 bits per heavy atom. The topological polar surface area (TPSA) is 39.7 Å². The molecule has 0 bridgehead atoms. The number of rotatable bonds is 6. The zero-order valence-electron chi connectivity index (χ0n) is 13.8. The Labute approximate surface area is 147 Å². The van der Waals surface area contributed by atoms with Crippen molar-refractivity contribution < 1.29 is 4.39 Å². The summed E-state index contributed by atoms with van der Waals surface area (Å²) in [6.07, 6.45) is 2.79. The van der Waals surface area contributed by atoms with E-state index in [1.54, 1.807) is 18.3 Å². The number of hydrazone groups is 1. The number of anilines is 2. The van der Waals surface area contributed by atoms with Gasteiger partial charge in [0.1, 0.15) is 5.82 Å². The zero-order chi connectivity index (χ0) is 17.4. The molecule has 24 heavy (non-hydrogen) atoms. The number of thiocarbonyl (C=S) groups is 1. The predicted molar refractivity (Wildman–Crippen MR) is 103 cm³/mol. The van der Waals surface area contributed by atoms with Crippen molar-refractivity contribution in [3.05, 3.63) is 59.9 Å². The third-order valence-corrected chi connectivity index (χ3v) is 3.55. The SMILES string of the molecule is CCCN(C)c1ccc(/C=N\NC(=S)Nc2cccc(F)c2)cc1. The second kappa shape index (κ2) is 8.98. The van der Waals surface area contributed by atoms with Crippen LogP contribution in [0.3, 0.4) is 0 Å². The summed E-state index contributed by atoms with van der Waals surface area (Å²) in [4.78, 5) is 2.21. The first-order chi connectivity index (χ1) is 11.6. The fourth-order valence-corrected chi connectivity index (χ4v) is 2.34. The fraction of sp³-hybridized carbons (Fsp3) is 0.222. The van der Waals surface area contributed by atoms with Crippen LogP contribution >= 0.6 is 12.2 Å². The van der Waals surface area contributed by atoms with Gasteiger partial charge >= 0.3 is 0 Å². The lowest BCUT2D eigenvalue weighted by atomic mass is 10.2. The van der Waals surface area contributed by atoms with Crippen LogP contribution in [0.4, 0.5) is 15.8 Å². The predicted octanol–water partition coefficient (Wildman–Crippen LogP) is 3.99. The Bertz CT molecular complexity index is 700. The van der Waals surface area contributed by atoms with Gasteiger partial charge in [-0.3, -0.25) is 5.43 Å². The molecule has 0 aliphatic carbocycles. The average molecular weight is 344 g/mol. The third-order valence-electron chi connectivity index (χ3n) is 3.36. The summed E-state index contributed by atoms with van der Waals surface area (Å²) in [6, 6.07) is 14.2. The number of hydrogen-bond donors (Lipinski definition) is 2. The van der Waals surface area contributed by atoms with Gasteiger partial charge in [0.15, 0.2) is 5.11 Å². The lowest BCUT2D eigenvalue weighted by Crippen LogP contribution is -2.23. The van der Waals surface area contributed by atoms with Gasteiger partial charge in [-0.2, -0.15) is 5.10 Å². The number of halogens is 1. The highest BCUT2D eigenvalue weighted by Crippen LogP contribution is 2.13. The van der Waals surface area contributed by atoms with E-state index in [0.717, 1.165) is 18.5 Å². The van der Waals surface area contributed by atoms with Gasteiger partial charge in [0.05, 0.1) is 6.21 Å². The molecule has 0 amide bonds. The van der Waals surface area contributed by atoms with Crippen molar-refractivity contribution in [1.29, 1.82) is 0 Å². The van der Waals surface area contributed by atoms with Crippen LogP contribution in [0.15, 0.2) is 53.6 Å². The van der Waals surface area contributed by atoms with E-state index in [1.165, 1.54) is 17.8 Å². The van der Waals surface area contributed by atoms with E-state index in [9.17, 15) is 4.39 Å². The van der Waals surface area contributed by atoms with Gasteiger partial charge in [-0.05, 0) is 54.5 Å². The molecule has 2 aromatic rings. The normalized spacial score (nSPS) is 10.6. The summed E-state index contributed by atoms with van der Waals surface area (Å²) in [6.45, 7) is 3.18. The summed E-state index contributed by atoms with van der Waals surface area (Å²) in [5.41, 5.74) is 5.42. The van der Waals surface area contributed by atoms with Crippen molar-refractivity contribution in [2.45, 2.75) is 13.3 Å². The Balaban J connectivity index is 1.86. The quantitative estimate of drug-likeness (QED) is 0.472. The molecule has 0 heterocycles. The first-order valence-corrected chi connectivity index (χ1v) is 8.16. The first-order valence-electron chi connectivity index (χ1n) is 7.75. The molecule has 0 spiro atoms. The lowest BCUT2D eigenvalue weighted by molar-refractivity contribution is 0.628. The molecule has 0 atom stereocenters. The lowest BCUT2D eigenvalue weighted by Gasteiger charge is -2.18. The van der Waals surface area contributed by atoms with E-state index in [1.807, 2.05) is 12.1 Å². The number of nitrogens with one attached hydrogen (secondary N) is 2. The summed E-state index contributed by atoms with van der Waals surface area (Å²) in [5, 5.41) is 7.25. The molecule has 0 saturated heterocycles. The molecule has 0 unspecified atom stereocenters. The van der Waals surface area contributed by atoms with Gasteiger partial charge in [0.25, 0.3) is 0 Å². The van der Waals surface area contributed by atoms with Crippen LogP contribution in [0.5, 0.6) is 0 Å². The smallest absolute Gasteiger partial charge is 0.191 e. The van der Waals surface area contributed by atoms with Crippen molar-refractivity contribution in [2.75, 3.05) is 23.8 Å². The van der Waals surface area contributed by atoms with Crippen molar-refractivity contribution in [2.24, 2.45) is 5.10 Å². The molecule has 0 aliphatic rings. The van der Waals surface area contributed by atoms with Crippen LogP contribution in [0, 0.1) is 5.82 Å². The molecule has 0 aromatic heterocycles. The minimum Gasteiger partial charge on any atom is -0.375 e. The van der Waals surface area contributed by atoms with Gasteiger partial charge in [0, 0.05) is 25.0 Å². The fourth-order valence-electron chi connectivity index (χ4n) is 2.17. The molecule has 6 heteroatoms. The standard InChI is InChI=1S/C18H21FN4S/c1-3-11-23(2)17-9-7-14(8-10-17)13-20-22-18(24)21-16-6-4-5-15(19)12-16/h4-10,12-13H,3,11H2,1-2H3,(H2,21,22,24)/b20-13-. The van der Waals surface area contributed by atoms with E-state index in [0.29, 0.717) is 10.8 Å². The molecule has 2 N–H and O–H groups in total. The minimum absolute atomic E-state index is 0.302. The Kier molecular flexibility index (Phi) is 6.69. The molecule has 4 nitrogen and oxygen atoms in total. The minimum atomic E-state index is -0.320. The van der Waals surface area contributed by atoms with Gasteiger partial charge in [-0.25, -0.2) is 4.39 Å². The third kappa shape index (κ3) is 5.62. The Hall–Kier alpha value is -2.47. The van der Waals surface area contributed by atoms with E-state index in [4.69, 9.17) is 12.2 Å². The molecule has 2 rings (SSSR count). The van der Waals surface area contributed by atoms with Crippen molar-refractivity contribution >= 4 is 34.9 Å². The highest BCUT2D eigenvalue weighted by Gasteiger charge is 1.99. The summed E-state index contributed by atoms with van der Waals surface area (Å²) < 4.78 is 13.1. The first kappa shape index (κ1) is 17.9. The Morgan fingerprint density at radius 3 is 2.67 bits per heavy atom. The number of nitrogens with zero attached hydrogens (tertiary/aromatic N) is 2. The molecule has 126 valence electrons. The van der Waals surface area contributed by atoms with Crippen molar-refractivity contribution in [1.82, 2.24) is 5.43 Å². The monoisotopic (exact) mass is 344 g/mol. The largest absolute Gasteiger partial charge is 0.375 e. The Morgan fingerprint density at radius 1 is 1.25 bits per heavy atom. The van der Waals surface area contributed by atoms with Crippen LogP contribution in [-0.2, 0) is 0 Å². The van der Waals surface area contributed by atoms with Gasteiger partial charge in [0.2, 0.25) is 0 Å². The maximum Gasteiger partial charge on any atom is 0.191 e. The maximum atomic E-state index is 13.1. The highest BCUT2D eigenvalue weighted by molar-refractivity contribution is 7.80. The van der Waals surface area contributed by atoms with Crippen LogP contribution in [0.25, 0.3) is 0 Å². The van der Waals surface area contributed by atoms with Crippen LogP contribution in [-0.4, -0.2) is 24.9 Å². The van der Waals surface area contributed by atoms with E-state index in [-0.39, 0.29) is 5.82 Å². The second-order valence-electron chi connectivity index (χ2n) is 5.35. The summed E-state index contributed by atoms with van der Waals surface area (Å²) >= 11 is 5.11. The van der Waals surface area contributed by atoms with Crippen LogP contribution in [0.1, 0.15) is 18.9 Å². The van der Waals surface area contributed by atoms with Crippen LogP contribution < -0.4 is 15.6 Å². The van der Waals surface area contributed by atoms with E-state index >= 15 is 0 Å². The second-order valence-corrected chi connectivity index (χ2v) is 5.76. The molecule has 0 radical (unpaired) electrons. The van der Waals surface area contributed by atoms with Crippen molar-refractivity contribution in [3.63, 3.8) is 0 Å². The summed E-state index contributed by atoms with van der Waals surface area (Å²) in [5.74, 6) is -0.320. The highest BCUT2D eigenvalue weighted by atomic mass is 32.1. The molecule has 0 fully saturated rings. The van der Waals surface area contributed by atoms with Gasteiger partial charge in [-0.15, -0.1) is 0 Å². The summed E-state index contributed by atoms with van der Waals surface area (Å²) in [7, 11) is 2.07. The van der Waals surface area contributed by atoms with Crippen molar-refractivity contribution in [3.8, 4) is 0 Å². The molecular weight excluding hydrogens is 323 g/mol. The van der Waals surface area contributed by atoms with E-state index < -0.39 is 0 Å². The van der Waals surface area contributed by atoms with Gasteiger partial charge in [-0.1, -0.05) is 25.1 Å². The number of benzene rings is 2. The molecule has 0 aliphatic heterocycles. The van der Waals surface area contributed by atoms with Crippen LogP contribution in [0.2, 0.25) is 0 Å². The van der Waals surface area contributed by atoms with E-state index in [2.05, 4.69) is 46.8 Å². The maximum absolute atomic E-state index is 13.1. The molecule has 0 saturated carbocycles.